The lowest BCUT2D eigenvalue weighted by Crippen LogP contribution is -2.58. The molecule has 0 amide bonds. The number of carbonyl (C=O) groups is 2. The van der Waals surface area contributed by atoms with E-state index in [-0.39, 0.29) is 11.1 Å². The number of nitrogens with one attached hydrogen (secondary N) is 2. The van der Waals surface area contributed by atoms with Crippen LogP contribution in [0, 0.1) is 35.5 Å². The van der Waals surface area contributed by atoms with Crippen molar-refractivity contribution in [2.24, 2.45) is 35.5 Å². The summed E-state index contributed by atoms with van der Waals surface area (Å²) in [4.78, 5) is 35.0. The van der Waals surface area contributed by atoms with Gasteiger partial charge in [0.1, 0.15) is 0 Å². The second-order valence-corrected chi connectivity index (χ2v) is 11.8. The maximum absolute atomic E-state index is 12.2. The number of hydroxylamine groups is 2. The highest BCUT2D eigenvalue weighted by molar-refractivity contribution is 5.91. The van der Waals surface area contributed by atoms with Gasteiger partial charge in [0.2, 0.25) is 0 Å². The minimum Gasteiger partial charge on any atom is -0.367 e. The fraction of sp³-hybridized carbons (Fsp3) is 0.833. The molecule has 0 aromatic rings. The molecule has 8 rings (SSSR count). The fourth-order valence-corrected chi connectivity index (χ4v) is 8.99. The van der Waals surface area contributed by atoms with Crippen LogP contribution in [0.2, 0.25) is 0 Å². The molecule has 0 aromatic heterocycles. The van der Waals surface area contributed by atoms with Crippen LogP contribution < -0.4 is 11.0 Å². The van der Waals surface area contributed by atoms with Crippen molar-refractivity contribution in [2.75, 3.05) is 0 Å². The molecule has 8 saturated carbocycles. The molecular formula is C24H34N2O4. The Morgan fingerprint density at radius 3 is 1.10 bits per heavy atom. The monoisotopic (exact) mass is 414 g/mol. The lowest BCUT2D eigenvalue weighted by molar-refractivity contribution is -0.162. The van der Waals surface area contributed by atoms with E-state index < -0.39 is 11.9 Å². The summed E-state index contributed by atoms with van der Waals surface area (Å²) in [6, 6.07) is 0. The van der Waals surface area contributed by atoms with Crippen molar-refractivity contribution >= 4 is 11.9 Å². The van der Waals surface area contributed by atoms with Crippen molar-refractivity contribution in [1.29, 1.82) is 0 Å². The summed E-state index contributed by atoms with van der Waals surface area (Å²) in [6.07, 6.45) is 17.0. The first-order valence-corrected chi connectivity index (χ1v) is 12.1. The molecule has 8 aliphatic rings. The number of hydrogen-bond donors (Lipinski definition) is 2. The van der Waals surface area contributed by atoms with Gasteiger partial charge in [-0.05, 0) is 113 Å². The van der Waals surface area contributed by atoms with Crippen LogP contribution in [-0.2, 0) is 19.3 Å². The Bertz CT molecular complexity index is 628. The highest BCUT2D eigenvalue weighted by Gasteiger charge is 2.52. The maximum atomic E-state index is 12.2. The minimum absolute atomic E-state index is 0.0428. The molecule has 164 valence electrons. The predicted octanol–water partition coefficient (Wildman–Crippen LogP) is 3.58. The summed E-state index contributed by atoms with van der Waals surface area (Å²) in [6.45, 7) is 0. The van der Waals surface area contributed by atoms with Crippen molar-refractivity contribution in [3.63, 3.8) is 0 Å². The van der Waals surface area contributed by atoms with E-state index in [9.17, 15) is 9.59 Å². The molecule has 8 aliphatic carbocycles. The van der Waals surface area contributed by atoms with Crippen molar-refractivity contribution in [3.05, 3.63) is 12.2 Å². The van der Waals surface area contributed by atoms with Crippen LogP contribution in [0.25, 0.3) is 0 Å². The van der Waals surface area contributed by atoms with E-state index in [2.05, 4.69) is 11.0 Å². The molecule has 6 heteroatoms. The summed E-state index contributed by atoms with van der Waals surface area (Å²) in [5.74, 6) is 3.63. The van der Waals surface area contributed by atoms with Crippen molar-refractivity contribution in [2.45, 2.75) is 88.1 Å². The van der Waals surface area contributed by atoms with Crippen LogP contribution in [0.4, 0.5) is 0 Å². The van der Waals surface area contributed by atoms with Crippen LogP contribution >= 0.6 is 0 Å². The van der Waals surface area contributed by atoms with Gasteiger partial charge in [-0.25, -0.2) is 9.59 Å². The second kappa shape index (κ2) is 7.06. The summed E-state index contributed by atoms with van der Waals surface area (Å²) < 4.78 is 0. The molecule has 0 unspecified atom stereocenters. The first-order chi connectivity index (χ1) is 14.5. The maximum Gasteiger partial charge on any atom is 0.349 e. The van der Waals surface area contributed by atoms with Gasteiger partial charge < -0.3 is 9.68 Å². The van der Waals surface area contributed by atoms with E-state index in [4.69, 9.17) is 9.68 Å². The fourth-order valence-electron chi connectivity index (χ4n) is 8.99. The van der Waals surface area contributed by atoms with Crippen LogP contribution in [0.3, 0.4) is 0 Å². The van der Waals surface area contributed by atoms with Gasteiger partial charge in [0.05, 0.1) is 11.1 Å². The third kappa shape index (κ3) is 3.60. The summed E-state index contributed by atoms with van der Waals surface area (Å²) >= 11 is 0. The zero-order chi connectivity index (χ0) is 20.3. The quantitative estimate of drug-likeness (QED) is 0.511. The van der Waals surface area contributed by atoms with Crippen molar-refractivity contribution < 1.29 is 19.3 Å². The van der Waals surface area contributed by atoms with Gasteiger partial charge in [-0.2, -0.15) is 0 Å². The molecular weight excluding hydrogens is 380 g/mol. The largest absolute Gasteiger partial charge is 0.367 e. The highest BCUT2D eigenvalue weighted by Crippen LogP contribution is 2.56. The zero-order valence-electron chi connectivity index (χ0n) is 17.7. The normalized spacial score (nSPS) is 47.7. The second-order valence-electron chi connectivity index (χ2n) is 11.8. The molecule has 30 heavy (non-hydrogen) atoms. The lowest BCUT2D eigenvalue weighted by Gasteiger charge is -2.56. The van der Waals surface area contributed by atoms with E-state index in [1.165, 1.54) is 50.7 Å². The molecule has 0 aromatic carbocycles. The molecule has 0 atom stereocenters. The standard InChI is InChI=1S/C24H34N2O4/c27-21(29-25-23-9-15-3-16(10-23)5-17(4-15)11-23)1-2-22(28)30-26-24-12-18-6-19(13-24)8-20(7-18)14-24/h1-2,15-20,25-26H,3-14H2/b2-1+. The van der Waals surface area contributed by atoms with Crippen molar-refractivity contribution in [3.8, 4) is 0 Å². The number of hydrogen-bond acceptors (Lipinski definition) is 6. The van der Waals surface area contributed by atoms with Gasteiger partial charge in [-0.15, -0.1) is 11.0 Å². The topological polar surface area (TPSA) is 76.7 Å². The molecule has 0 radical (unpaired) electrons. The van der Waals surface area contributed by atoms with Gasteiger partial charge in [0, 0.05) is 12.2 Å². The Kier molecular flexibility index (Phi) is 4.54. The zero-order valence-corrected chi connectivity index (χ0v) is 17.7. The van der Waals surface area contributed by atoms with Crippen LogP contribution in [0.15, 0.2) is 12.2 Å². The molecule has 0 spiro atoms. The molecule has 0 heterocycles. The van der Waals surface area contributed by atoms with Gasteiger partial charge in [0.25, 0.3) is 0 Å². The Balaban J connectivity index is 0.978. The van der Waals surface area contributed by atoms with Crippen LogP contribution in [0.1, 0.15) is 77.0 Å². The van der Waals surface area contributed by atoms with Gasteiger partial charge >= 0.3 is 11.9 Å². The first kappa shape index (κ1) is 19.3. The van der Waals surface area contributed by atoms with Gasteiger partial charge in [-0.1, -0.05) is 0 Å². The third-order valence-corrected chi connectivity index (χ3v) is 9.17. The SMILES string of the molecule is O=C(/C=C/C(=O)ONC12CC3CC(CC(C3)C1)C2)ONC12CC3CC(CC(C3)C1)C2. The van der Waals surface area contributed by atoms with E-state index in [1.54, 1.807) is 0 Å². The van der Waals surface area contributed by atoms with E-state index in [1.807, 2.05) is 0 Å². The molecule has 0 aliphatic heterocycles. The number of rotatable bonds is 6. The summed E-state index contributed by atoms with van der Waals surface area (Å²) in [5, 5.41) is 0. The molecule has 8 fully saturated rings. The summed E-state index contributed by atoms with van der Waals surface area (Å²) in [7, 11) is 0. The Hall–Kier alpha value is -1.40. The predicted molar refractivity (Wildman–Crippen MR) is 109 cm³/mol. The lowest BCUT2D eigenvalue weighted by atomic mass is 9.53. The van der Waals surface area contributed by atoms with Gasteiger partial charge in [-0.3, -0.25) is 0 Å². The first-order valence-electron chi connectivity index (χ1n) is 12.1. The smallest absolute Gasteiger partial charge is 0.349 e. The van der Waals surface area contributed by atoms with Crippen LogP contribution in [0.5, 0.6) is 0 Å². The van der Waals surface area contributed by atoms with Crippen molar-refractivity contribution in [1.82, 2.24) is 11.0 Å². The van der Waals surface area contributed by atoms with E-state index >= 15 is 0 Å². The average Bonchev–Trinajstić information content (AvgIpc) is 2.67. The Labute approximate surface area is 178 Å². The molecule has 8 bridgehead atoms. The highest BCUT2D eigenvalue weighted by atomic mass is 16.7. The summed E-state index contributed by atoms with van der Waals surface area (Å²) in [5.41, 5.74) is 6.12. The van der Waals surface area contributed by atoms with Gasteiger partial charge in [0.15, 0.2) is 0 Å². The molecule has 6 nitrogen and oxygen atoms in total. The average molecular weight is 415 g/mol. The third-order valence-electron chi connectivity index (χ3n) is 9.17. The number of carbonyl (C=O) groups excluding carboxylic acids is 2. The van der Waals surface area contributed by atoms with Crippen LogP contribution in [-0.4, -0.2) is 23.0 Å². The molecule has 0 saturated heterocycles. The Morgan fingerprint density at radius 2 is 0.833 bits per heavy atom. The minimum atomic E-state index is -0.530. The Morgan fingerprint density at radius 1 is 0.567 bits per heavy atom. The molecule has 2 N–H and O–H groups in total. The van der Waals surface area contributed by atoms with E-state index in [0.29, 0.717) is 0 Å². The van der Waals surface area contributed by atoms with E-state index in [0.717, 1.165) is 74.0 Å².